The highest BCUT2D eigenvalue weighted by Gasteiger charge is 2.37. The van der Waals surface area contributed by atoms with Gasteiger partial charge in [-0.25, -0.2) is 19.9 Å². The fourth-order valence-corrected chi connectivity index (χ4v) is 14.0. The summed E-state index contributed by atoms with van der Waals surface area (Å²) in [4.78, 5) is 20.8. The molecule has 35 heteroatoms. The molecule has 12 aromatic rings. The molecule has 2 saturated carbocycles. The third-order valence-electron chi connectivity index (χ3n) is 17.9. The van der Waals surface area contributed by atoms with Crippen molar-refractivity contribution >= 4 is 133 Å². The Bertz CT molecular complexity index is 4920. The second-order valence-corrected chi connectivity index (χ2v) is 29.8. The Morgan fingerprint density at radius 2 is 0.924 bits per heavy atom. The van der Waals surface area contributed by atoms with Gasteiger partial charge < -0.3 is 78.3 Å². The molecule has 552 valence electrons. The number of aliphatic hydroxyl groups is 3. The van der Waals surface area contributed by atoms with E-state index in [1.165, 1.54) is 56.2 Å². The van der Waals surface area contributed by atoms with Gasteiger partial charge in [0.05, 0.1) is 67.0 Å². The van der Waals surface area contributed by atoms with Gasteiger partial charge >= 0.3 is 0 Å². The molecule has 2 aliphatic carbocycles. The molecule has 3 aliphatic rings. The average molecular weight is 1690 g/mol. The van der Waals surface area contributed by atoms with Crippen LogP contribution in [0.25, 0.3) is 22.6 Å². The lowest BCUT2D eigenvalue weighted by Crippen LogP contribution is -2.46. The van der Waals surface area contributed by atoms with Gasteiger partial charge in [-0.1, -0.05) is 26.2 Å². The van der Waals surface area contributed by atoms with Crippen LogP contribution in [0, 0.1) is 26.7 Å². The van der Waals surface area contributed by atoms with Crippen LogP contribution in [0.15, 0.2) is 165 Å². The minimum atomic E-state index is -0.818. The Morgan fingerprint density at radius 3 is 1.32 bits per heavy atom. The predicted molar refractivity (Wildman–Crippen MR) is 413 cm³/mol. The third-order valence-corrected chi connectivity index (χ3v) is 20.2. The monoisotopic (exact) mass is 1690 g/mol. The summed E-state index contributed by atoms with van der Waals surface area (Å²) in [6, 6.07) is 22.8. The molecule has 13 heterocycles. The first kappa shape index (κ1) is 75.2. The van der Waals surface area contributed by atoms with Crippen LogP contribution in [0.1, 0.15) is 107 Å². The van der Waals surface area contributed by atoms with Crippen molar-refractivity contribution in [2.45, 2.75) is 141 Å². The van der Waals surface area contributed by atoms with Crippen molar-refractivity contribution in [3.05, 3.63) is 208 Å². The first-order chi connectivity index (χ1) is 50.7. The Hall–Kier alpha value is -9.52. The second-order valence-electron chi connectivity index (χ2n) is 26.4. The first-order valence-electron chi connectivity index (χ1n) is 34.6. The van der Waals surface area contributed by atoms with E-state index in [0.29, 0.717) is 55.0 Å². The van der Waals surface area contributed by atoms with Crippen LogP contribution in [0.4, 0.5) is 46.5 Å². The summed E-state index contributed by atoms with van der Waals surface area (Å²) in [5, 5.41) is 116. The molecule has 31 nitrogen and oxygen atoms in total. The van der Waals surface area contributed by atoms with Crippen molar-refractivity contribution in [3.8, 4) is 0 Å². The van der Waals surface area contributed by atoms with Crippen LogP contribution in [-0.2, 0) is 26.2 Å². The Morgan fingerprint density at radius 1 is 0.524 bits per heavy atom. The topological polar surface area (TPSA) is 377 Å². The van der Waals surface area contributed by atoms with E-state index in [9.17, 15) is 36.1 Å². The van der Waals surface area contributed by atoms with Crippen molar-refractivity contribution in [1.29, 1.82) is 0 Å². The van der Waals surface area contributed by atoms with Crippen LogP contribution >= 0.6 is 63.7 Å². The van der Waals surface area contributed by atoms with Gasteiger partial charge in [-0.05, 0) is 147 Å². The van der Waals surface area contributed by atoms with E-state index in [1.807, 2.05) is 62.4 Å². The fourth-order valence-electron chi connectivity index (χ4n) is 12.6. The molecule has 0 radical (unpaired) electrons. The van der Waals surface area contributed by atoms with Crippen LogP contribution in [0.3, 0.4) is 0 Å². The highest BCUT2D eigenvalue weighted by molar-refractivity contribution is 9.11. The maximum absolute atomic E-state index is 11.5. The van der Waals surface area contributed by atoms with Gasteiger partial charge in [-0.15, -0.1) is 0 Å². The first-order valence-corrected chi connectivity index (χ1v) is 37.8. The second kappa shape index (κ2) is 34.6. The Labute approximate surface area is 638 Å². The summed E-state index contributed by atoms with van der Waals surface area (Å²) in [6.07, 6.45) is 29.3. The summed E-state index contributed by atoms with van der Waals surface area (Å²) < 4.78 is 13.3. The predicted octanol–water partition coefficient (Wildman–Crippen LogP) is 9.80. The zero-order valence-electron chi connectivity index (χ0n) is 57.9. The molecular weight excluding hydrogens is 1610 g/mol. The lowest BCUT2D eigenvalue weighted by molar-refractivity contribution is -0.606. The van der Waals surface area contributed by atoms with Crippen LogP contribution in [0.5, 0.6) is 0 Å². The lowest BCUT2D eigenvalue weighted by Gasteiger charge is -2.34. The zero-order valence-corrected chi connectivity index (χ0v) is 64.2. The van der Waals surface area contributed by atoms with E-state index in [1.54, 1.807) is 73.3 Å². The largest absolute Gasteiger partial charge is 0.619 e. The summed E-state index contributed by atoms with van der Waals surface area (Å²) in [7, 11) is 0. The number of aromatic nitrogens is 16. The van der Waals surface area contributed by atoms with E-state index in [-0.39, 0.29) is 37.3 Å². The van der Waals surface area contributed by atoms with Crippen molar-refractivity contribution in [1.82, 2.24) is 58.4 Å². The molecular formula is C70H82Br4N24O7. The smallest absolute Gasteiger partial charge is 0.185 e. The van der Waals surface area contributed by atoms with E-state index in [0.717, 1.165) is 163 Å². The number of aliphatic hydroxyl groups excluding tert-OH is 2. The van der Waals surface area contributed by atoms with Gasteiger partial charge in [-0.2, -0.15) is 57.4 Å². The summed E-state index contributed by atoms with van der Waals surface area (Å²) in [5.41, 5.74) is 5.50. The van der Waals surface area contributed by atoms with Crippen LogP contribution < -0.4 is 61.0 Å². The van der Waals surface area contributed by atoms with Gasteiger partial charge in [0, 0.05) is 128 Å². The Balaban J connectivity index is 0.000000132. The number of anilines is 8. The summed E-state index contributed by atoms with van der Waals surface area (Å²) in [6.45, 7) is 8.80. The van der Waals surface area contributed by atoms with Crippen molar-refractivity contribution in [3.63, 3.8) is 0 Å². The number of hydrogen-bond donors (Lipinski definition) is 10. The number of pyridine rings is 4. The number of nitrogens with zero attached hydrogens (tertiary/aromatic N) is 17. The molecule has 1 aliphatic heterocycles. The van der Waals surface area contributed by atoms with E-state index in [2.05, 4.69) is 143 Å². The standard InChI is InChI=1S/2C19H23BrN6O2.C17H21BrN6O2.C15H15BrN6O/c1-19(2,27)15-6-4-8-25(15)17-9-16(26-18(23-17)14(20)11-22-26)21-10-13-5-3-7-24(28)12-13;20-15-10-22-26-18(21-9-13-4-3-7-25(28)11-13)8-17(24-19(15)26)23-16-6-2-1-5-14(16)12-27;1-2-4-13(11-25)21-15-7-16(24-17(22-15)14(18)9-20-24)19-8-12-5-3-6-23(26)10-12;16-12-8-18-22-14(17-7-10-2-1-5-21(23)9-10)6-13(20-15(12)22)19-11-3-4-11/h3,5,7,9,11-12,15,21,27H,4,6,8,10H2,1-2H3;3-4,7-8,10-11,14,16,21,27H,1-2,5-6,9,12H2,(H,23,24);3,5-7,9-10,13,19,25H,2,4,8,11H2,1H3,(H,21,22);1-2,5-6,8-9,11,17H,3-4,7H2,(H,19,20)/t15-;14-,16-;13-;/m011./s1. The van der Waals surface area contributed by atoms with Gasteiger partial charge in [-0.3, -0.25) is 0 Å². The molecule has 0 amide bonds. The maximum atomic E-state index is 11.5. The molecule has 0 unspecified atom stereocenters. The minimum absolute atomic E-state index is 0.00513. The molecule has 0 spiro atoms. The number of hydrogen-bond acceptors (Lipinski definition) is 23. The zero-order chi connectivity index (χ0) is 73.7. The lowest BCUT2D eigenvalue weighted by atomic mass is 9.85. The van der Waals surface area contributed by atoms with Gasteiger partial charge in [0.25, 0.3) is 0 Å². The molecule has 12 aromatic heterocycles. The van der Waals surface area contributed by atoms with Gasteiger partial charge in [0.1, 0.15) is 46.5 Å². The SMILES string of the molecule is CC(C)(O)[C@@H]1CCCN1c1cc(NCc2ccc[n+]([O-])c2)n2ncc(Br)c2n1.CCC[C@H](CO)Nc1cc(NCc2ccc[n+]([O-])c2)n2ncc(Br)c2n1.[O-][n+]1cccc(CNc2cc(NC3CC3)nc3c(Br)cnn23)c1.[O-][n+]1cccc(CNc2cc(N[C@@H]3CCCC[C@@H]3CO)nc3c(Br)cnn23)c1. The number of rotatable bonds is 24. The summed E-state index contributed by atoms with van der Waals surface area (Å²) >= 11 is 14.0. The Kier molecular flexibility index (Phi) is 24.8. The average Bonchev–Trinajstić information content (AvgIpc) is 1.67. The number of nitrogens with one attached hydrogen (secondary N) is 7. The molecule has 0 bridgehead atoms. The van der Waals surface area contributed by atoms with Gasteiger partial charge in [0.2, 0.25) is 0 Å². The minimum Gasteiger partial charge on any atom is -0.619 e. The van der Waals surface area contributed by atoms with Crippen LogP contribution in [-0.4, -0.2) is 123 Å². The fraction of sp³-hybridized carbons (Fsp3) is 0.371. The van der Waals surface area contributed by atoms with Crippen molar-refractivity contribution in [2.24, 2.45) is 5.92 Å². The maximum Gasteiger partial charge on any atom is 0.185 e. The molecule has 105 heavy (non-hydrogen) atoms. The quantitative estimate of drug-likeness (QED) is 0.0199. The van der Waals surface area contributed by atoms with E-state index >= 15 is 0 Å². The van der Waals surface area contributed by atoms with Crippen molar-refractivity contribution in [2.75, 3.05) is 61.9 Å². The summed E-state index contributed by atoms with van der Waals surface area (Å²) in [5.74, 6) is 6.37. The van der Waals surface area contributed by atoms with Crippen LogP contribution in [0.2, 0.25) is 0 Å². The third kappa shape index (κ3) is 19.5. The molecule has 4 atom stereocenters. The molecule has 10 N–H and O–H groups in total. The van der Waals surface area contributed by atoms with Gasteiger partial charge in [0.15, 0.2) is 72.2 Å². The molecule has 15 rings (SSSR count). The number of halogens is 4. The number of fused-ring (bicyclic) bond motifs is 4. The van der Waals surface area contributed by atoms with E-state index in [4.69, 9.17) is 9.97 Å². The van der Waals surface area contributed by atoms with E-state index < -0.39 is 5.60 Å². The normalized spacial score (nSPS) is 16.0. The molecule has 3 fully saturated rings. The molecule has 1 saturated heterocycles. The van der Waals surface area contributed by atoms with Crippen molar-refractivity contribution < 1.29 is 34.2 Å². The highest BCUT2D eigenvalue weighted by atomic mass is 79.9. The molecule has 0 aromatic carbocycles. The highest BCUT2D eigenvalue weighted by Crippen LogP contribution is 2.35.